The SMILES string of the molecule is Fc1cccc(-c2nc3ccc(-c4ccc5nc(-c6ccccc6)c(-c6cccc(F)c6)nc5c4)cc3nc2C2=CC=C=C=C2)c1. The number of rotatable bonds is 5. The van der Waals surface area contributed by atoms with E-state index in [1.165, 1.54) is 24.3 Å². The number of halogens is 2. The van der Waals surface area contributed by atoms with E-state index in [0.29, 0.717) is 50.5 Å². The normalized spacial score (nSPS) is 12.2. The minimum absolute atomic E-state index is 0.337. The van der Waals surface area contributed by atoms with Crippen LogP contribution in [0.1, 0.15) is 5.69 Å². The highest BCUT2D eigenvalue weighted by atomic mass is 19.1. The maximum Gasteiger partial charge on any atom is 0.123 e. The number of allylic oxidation sites excluding steroid dienone is 4. The molecule has 5 aromatic carbocycles. The van der Waals surface area contributed by atoms with Gasteiger partial charge in [0.15, 0.2) is 0 Å². The number of fused-ring (bicyclic) bond motifs is 2. The fourth-order valence-corrected chi connectivity index (χ4v) is 5.63. The van der Waals surface area contributed by atoms with Gasteiger partial charge in [-0.25, -0.2) is 28.7 Å². The Balaban J connectivity index is 1.27. The lowest BCUT2D eigenvalue weighted by Gasteiger charge is -2.13. The molecule has 4 nitrogen and oxygen atoms in total. The number of nitrogens with zero attached hydrogens (tertiary/aromatic N) is 4. The maximum atomic E-state index is 14.3. The summed E-state index contributed by atoms with van der Waals surface area (Å²) < 4.78 is 28.5. The topological polar surface area (TPSA) is 51.6 Å². The van der Waals surface area contributed by atoms with E-state index in [4.69, 9.17) is 19.9 Å². The number of benzene rings is 5. The van der Waals surface area contributed by atoms with E-state index >= 15 is 0 Å². The summed E-state index contributed by atoms with van der Waals surface area (Å²) in [5.74, 6) is -0.680. The number of hydrogen-bond acceptors (Lipinski definition) is 4. The zero-order valence-corrected chi connectivity index (χ0v) is 24.2. The van der Waals surface area contributed by atoms with Gasteiger partial charge in [-0.3, -0.25) is 0 Å². The average molecular weight is 597 g/mol. The first kappa shape index (κ1) is 27.2. The monoisotopic (exact) mass is 596 g/mol. The average Bonchev–Trinajstić information content (AvgIpc) is 3.11. The van der Waals surface area contributed by atoms with Crippen molar-refractivity contribution < 1.29 is 8.78 Å². The summed E-state index contributed by atoms with van der Waals surface area (Å²) in [6, 6.07) is 34.4. The molecule has 0 radical (unpaired) electrons. The van der Waals surface area contributed by atoms with Crippen LogP contribution < -0.4 is 0 Å². The predicted molar refractivity (Wildman–Crippen MR) is 178 cm³/mol. The highest BCUT2D eigenvalue weighted by molar-refractivity contribution is 5.92. The van der Waals surface area contributed by atoms with Crippen LogP contribution in [0.15, 0.2) is 145 Å². The van der Waals surface area contributed by atoms with E-state index in [-0.39, 0.29) is 11.6 Å². The first-order valence-electron chi connectivity index (χ1n) is 14.7. The molecule has 2 heterocycles. The van der Waals surface area contributed by atoms with Crippen molar-refractivity contribution in [2.45, 2.75) is 0 Å². The molecule has 0 spiro atoms. The van der Waals surface area contributed by atoms with Crippen LogP contribution in [-0.2, 0) is 0 Å². The smallest absolute Gasteiger partial charge is 0.123 e. The molecule has 8 rings (SSSR count). The van der Waals surface area contributed by atoms with Gasteiger partial charge in [0.25, 0.3) is 0 Å². The molecule has 0 atom stereocenters. The van der Waals surface area contributed by atoms with E-state index in [1.54, 1.807) is 24.3 Å². The molecule has 216 valence electrons. The third-order valence-electron chi connectivity index (χ3n) is 7.84. The predicted octanol–water partition coefficient (Wildman–Crippen LogP) is 9.78. The summed E-state index contributed by atoms with van der Waals surface area (Å²) in [4.78, 5) is 20.0. The Morgan fingerprint density at radius 2 is 0.935 bits per heavy atom. The molecule has 6 heteroatoms. The Hall–Kier alpha value is -6.32. The highest BCUT2D eigenvalue weighted by Gasteiger charge is 2.17. The summed E-state index contributed by atoms with van der Waals surface area (Å²) in [7, 11) is 0. The second kappa shape index (κ2) is 11.3. The molecule has 0 bridgehead atoms. The quantitative estimate of drug-likeness (QED) is 0.186. The van der Waals surface area contributed by atoms with Crippen molar-refractivity contribution in [2.24, 2.45) is 0 Å². The van der Waals surface area contributed by atoms with Gasteiger partial charge >= 0.3 is 0 Å². The summed E-state index contributed by atoms with van der Waals surface area (Å²) in [5, 5.41) is 0. The lowest BCUT2D eigenvalue weighted by atomic mass is 10.0. The molecule has 1 aliphatic carbocycles. The fourth-order valence-electron chi connectivity index (χ4n) is 5.63. The van der Waals surface area contributed by atoms with Gasteiger partial charge in [-0.2, -0.15) is 0 Å². The number of aromatic nitrogens is 4. The molecule has 46 heavy (non-hydrogen) atoms. The summed E-state index contributed by atoms with van der Waals surface area (Å²) in [6.07, 6.45) is 5.45. The van der Waals surface area contributed by atoms with Gasteiger partial charge in [-0.15, -0.1) is 0 Å². The molecular formula is C40H22F2N4. The molecule has 0 unspecified atom stereocenters. The Morgan fingerprint density at radius 3 is 1.50 bits per heavy atom. The molecular weight excluding hydrogens is 574 g/mol. The van der Waals surface area contributed by atoms with E-state index in [9.17, 15) is 8.78 Å². The van der Waals surface area contributed by atoms with E-state index in [0.717, 1.165) is 27.8 Å². The third-order valence-corrected chi connectivity index (χ3v) is 7.84. The number of hydrogen-bond donors (Lipinski definition) is 0. The summed E-state index contributed by atoms with van der Waals surface area (Å²) in [6.45, 7) is 0. The van der Waals surface area contributed by atoms with Crippen LogP contribution in [0.25, 0.3) is 72.5 Å². The largest absolute Gasteiger partial charge is 0.244 e. The van der Waals surface area contributed by atoms with E-state index in [2.05, 4.69) is 11.5 Å². The molecule has 0 saturated carbocycles. The highest BCUT2D eigenvalue weighted by Crippen LogP contribution is 2.34. The van der Waals surface area contributed by atoms with Crippen LogP contribution in [-0.4, -0.2) is 19.9 Å². The van der Waals surface area contributed by atoms with Gasteiger partial charge in [0.1, 0.15) is 11.6 Å². The lowest BCUT2D eigenvalue weighted by molar-refractivity contribution is 0.628. The van der Waals surface area contributed by atoms with Gasteiger partial charge < -0.3 is 0 Å². The molecule has 0 fully saturated rings. The van der Waals surface area contributed by atoms with Crippen molar-refractivity contribution in [3.8, 4) is 44.9 Å². The Kier molecular flexibility index (Phi) is 6.70. The second-order valence-electron chi connectivity index (χ2n) is 10.9. The summed E-state index contributed by atoms with van der Waals surface area (Å²) in [5.41, 5.74) is 16.0. The van der Waals surface area contributed by atoms with Crippen molar-refractivity contribution in [2.75, 3.05) is 0 Å². The lowest BCUT2D eigenvalue weighted by Crippen LogP contribution is -1.99. The molecule has 0 saturated heterocycles. The zero-order valence-electron chi connectivity index (χ0n) is 24.2. The Labute approximate surface area is 263 Å². The molecule has 0 aliphatic heterocycles. The third kappa shape index (κ3) is 5.10. The van der Waals surface area contributed by atoms with Crippen LogP contribution in [0, 0.1) is 11.6 Å². The van der Waals surface area contributed by atoms with Crippen molar-refractivity contribution in [3.63, 3.8) is 0 Å². The van der Waals surface area contributed by atoms with Gasteiger partial charge in [0.05, 0.1) is 44.8 Å². The Bertz CT molecular complexity index is 2470. The van der Waals surface area contributed by atoms with Gasteiger partial charge in [-0.1, -0.05) is 78.2 Å². The second-order valence-corrected chi connectivity index (χ2v) is 10.9. The zero-order chi connectivity index (χ0) is 31.0. The van der Waals surface area contributed by atoms with Gasteiger partial charge in [0, 0.05) is 22.3 Å². The first-order chi connectivity index (χ1) is 22.6. The van der Waals surface area contributed by atoms with Crippen molar-refractivity contribution >= 4 is 27.6 Å². The minimum atomic E-state index is -0.343. The van der Waals surface area contributed by atoms with Crippen LogP contribution in [0.3, 0.4) is 0 Å². The maximum absolute atomic E-state index is 14.3. The Morgan fingerprint density at radius 1 is 0.413 bits per heavy atom. The van der Waals surface area contributed by atoms with Crippen molar-refractivity contribution in [3.05, 3.63) is 162 Å². The first-order valence-corrected chi connectivity index (χ1v) is 14.7. The summed E-state index contributed by atoms with van der Waals surface area (Å²) >= 11 is 0. The van der Waals surface area contributed by atoms with Gasteiger partial charge in [-0.05, 0) is 77.9 Å². The van der Waals surface area contributed by atoms with E-state index in [1.807, 2.05) is 84.9 Å². The molecule has 0 N–H and O–H groups in total. The van der Waals surface area contributed by atoms with Crippen LogP contribution in [0.5, 0.6) is 0 Å². The van der Waals surface area contributed by atoms with Crippen LogP contribution in [0.2, 0.25) is 0 Å². The van der Waals surface area contributed by atoms with Gasteiger partial charge in [0.2, 0.25) is 0 Å². The molecule has 7 aromatic rings. The minimum Gasteiger partial charge on any atom is -0.244 e. The van der Waals surface area contributed by atoms with Crippen LogP contribution >= 0.6 is 0 Å². The van der Waals surface area contributed by atoms with E-state index < -0.39 is 0 Å². The van der Waals surface area contributed by atoms with Crippen LogP contribution in [0.4, 0.5) is 8.78 Å². The molecule has 2 aromatic heterocycles. The van der Waals surface area contributed by atoms with Crippen molar-refractivity contribution in [1.29, 1.82) is 0 Å². The fraction of sp³-hybridized carbons (Fsp3) is 0. The molecule has 0 amide bonds. The standard InChI is InChI=1S/C40H22F2N4/c41-31-15-7-13-29(21-31)39-38(26-11-5-2-6-12-26)45-35-23-27(18-20-34(35)44-39)28-17-19-33-36(24-28)46-40(30-14-8-16-32(42)22-30)37(43-33)25-9-3-1-4-10-25/h1,3-5,7-24H. The van der Waals surface area contributed by atoms with Crippen molar-refractivity contribution in [1.82, 2.24) is 19.9 Å². The molecule has 1 aliphatic rings.